The van der Waals surface area contributed by atoms with Crippen molar-refractivity contribution in [2.45, 2.75) is 20.3 Å². The smallest absolute Gasteiger partial charge is 1.00 e. The van der Waals surface area contributed by atoms with Gasteiger partial charge in [-0.15, -0.1) is 0 Å². The predicted molar refractivity (Wildman–Crippen MR) is 30.6 cm³/mol. The molecule has 0 fully saturated rings. The molecule has 0 aliphatic heterocycles. The topological polar surface area (TPSA) is 0 Å². The van der Waals surface area contributed by atoms with Crippen LogP contribution in [-0.4, -0.2) is 23.1 Å². The van der Waals surface area contributed by atoms with E-state index in [4.69, 9.17) is 0 Å². The number of rotatable bonds is 1. The summed E-state index contributed by atoms with van der Waals surface area (Å²) < 4.78 is 0. The molecular weight excluding hydrogens is 211 g/mol. The minimum absolute atomic E-state index is 0. The van der Waals surface area contributed by atoms with Crippen molar-refractivity contribution in [2.75, 3.05) is 0 Å². The van der Waals surface area contributed by atoms with Crippen LogP contribution in [0.4, 0.5) is 0 Å². The normalized spacial score (nSPS) is 10.7. The molecule has 0 unspecified atom stereocenters. The predicted octanol–water partition coefficient (Wildman–Crippen LogP) is -1.51. The molecular formula is C5H11IMg. The van der Waals surface area contributed by atoms with Crippen LogP contribution in [0.1, 0.15) is 20.3 Å². The van der Waals surface area contributed by atoms with E-state index in [0.717, 1.165) is 0 Å². The van der Waals surface area contributed by atoms with Gasteiger partial charge < -0.3 is 30.9 Å². The van der Waals surface area contributed by atoms with Crippen molar-refractivity contribution in [3.05, 3.63) is 6.92 Å². The van der Waals surface area contributed by atoms with E-state index in [1.54, 1.807) is 0 Å². The van der Waals surface area contributed by atoms with Crippen LogP contribution in [-0.2, 0) is 0 Å². The summed E-state index contributed by atoms with van der Waals surface area (Å²) in [6, 6.07) is 0. The third-order valence-corrected chi connectivity index (χ3v) is 0.697. The van der Waals surface area contributed by atoms with Crippen molar-refractivity contribution in [3.8, 4) is 0 Å². The van der Waals surface area contributed by atoms with Gasteiger partial charge in [-0.25, -0.2) is 0 Å². The van der Waals surface area contributed by atoms with E-state index in [9.17, 15) is 0 Å². The molecule has 0 N–H and O–H groups in total. The van der Waals surface area contributed by atoms with Gasteiger partial charge in [0.05, 0.1) is 0 Å². The van der Waals surface area contributed by atoms with Crippen molar-refractivity contribution in [2.24, 2.45) is 5.92 Å². The van der Waals surface area contributed by atoms with Gasteiger partial charge in [-0.3, -0.25) is 0 Å². The second-order valence-corrected chi connectivity index (χ2v) is 1.51. The summed E-state index contributed by atoms with van der Waals surface area (Å²) in [5, 5.41) is 0. The zero-order valence-electron chi connectivity index (χ0n) is 5.08. The molecule has 0 aromatic heterocycles. The summed E-state index contributed by atoms with van der Waals surface area (Å²) in [6.07, 6.45) is 1.19. The van der Waals surface area contributed by atoms with Gasteiger partial charge in [0.2, 0.25) is 0 Å². The summed E-state index contributed by atoms with van der Waals surface area (Å²) >= 11 is 0. The molecule has 7 heavy (non-hydrogen) atoms. The van der Waals surface area contributed by atoms with Crippen LogP contribution in [0.2, 0.25) is 0 Å². The molecule has 0 aliphatic carbocycles. The second-order valence-electron chi connectivity index (χ2n) is 1.51. The Balaban J connectivity index is -0.0000000800. The zero-order chi connectivity index (χ0) is 4.28. The molecule has 0 saturated carbocycles. The first kappa shape index (κ1) is 15.8. The van der Waals surface area contributed by atoms with Gasteiger partial charge >= 0.3 is 23.1 Å². The molecule has 0 aliphatic rings. The van der Waals surface area contributed by atoms with E-state index < -0.39 is 0 Å². The van der Waals surface area contributed by atoms with E-state index in [2.05, 4.69) is 20.8 Å². The van der Waals surface area contributed by atoms with Gasteiger partial charge in [0.25, 0.3) is 0 Å². The average Bonchev–Trinajstić information content (AvgIpc) is 1.38. The van der Waals surface area contributed by atoms with Crippen LogP contribution in [0.15, 0.2) is 0 Å². The van der Waals surface area contributed by atoms with Crippen molar-refractivity contribution >= 4 is 23.1 Å². The van der Waals surface area contributed by atoms with Crippen molar-refractivity contribution in [1.29, 1.82) is 0 Å². The molecule has 0 aromatic rings. The van der Waals surface area contributed by atoms with Crippen molar-refractivity contribution in [1.82, 2.24) is 0 Å². The fourth-order valence-corrected chi connectivity index (χ4v) is 0. The minimum Gasteiger partial charge on any atom is -1.00 e. The van der Waals surface area contributed by atoms with Crippen molar-refractivity contribution < 1.29 is 24.0 Å². The first-order valence-corrected chi connectivity index (χ1v) is 2.10. The van der Waals surface area contributed by atoms with E-state index in [-0.39, 0.29) is 47.0 Å². The Hall–Kier alpha value is 1.50. The Bertz CT molecular complexity index is 22.0. The van der Waals surface area contributed by atoms with Crippen LogP contribution < -0.4 is 24.0 Å². The van der Waals surface area contributed by atoms with Crippen molar-refractivity contribution in [3.63, 3.8) is 0 Å². The maximum absolute atomic E-state index is 3.76. The van der Waals surface area contributed by atoms with Crippen LogP contribution in [0, 0.1) is 12.8 Å². The number of hydrogen-bond donors (Lipinski definition) is 0. The number of halogens is 1. The molecule has 0 amide bonds. The average molecular weight is 222 g/mol. The SMILES string of the molecule is [CH2-][C@@H](C)CC.[I-].[Mg+2]. The Morgan fingerprint density at radius 2 is 1.71 bits per heavy atom. The molecule has 0 heterocycles. The number of hydrogen-bond acceptors (Lipinski definition) is 0. The fraction of sp³-hybridized carbons (Fsp3) is 0.800. The largest absolute Gasteiger partial charge is 2.00 e. The summed E-state index contributed by atoms with van der Waals surface area (Å²) in [5.41, 5.74) is 0. The van der Waals surface area contributed by atoms with Crippen LogP contribution >= 0.6 is 0 Å². The Labute approximate surface area is 79.6 Å². The summed E-state index contributed by atoms with van der Waals surface area (Å²) in [7, 11) is 0. The maximum Gasteiger partial charge on any atom is 2.00 e. The van der Waals surface area contributed by atoms with Crippen LogP contribution in [0.5, 0.6) is 0 Å². The monoisotopic (exact) mass is 222 g/mol. The molecule has 0 radical (unpaired) electrons. The molecule has 0 aromatic carbocycles. The standard InChI is InChI=1S/C5H11.HI.Mg/c1-4-5(2)3;;/h5H,2,4H2,1,3H3;1H;/q-1;;+2/p-1/t5-;;/m0../s1. The molecule has 0 spiro atoms. The Kier molecular flexibility index (Phi) is 23.6. The third-order valence-electron chi connectivity index (χ3n) is 0.697. The molecule has 0 rings (SSSR count). The Morgan fingerprint density at radius 1 is 1.57 bits per heavy atom. The minimum atomic E-state index is 0. The van der Waals surface area contributed by atoms with Gasteiger partial charge in [-0.05, 0) is 0 Å². The quantitative estimate of drug-likeness (QED) is 0.287. The van der Waals surface area contributed by atoms with E-state index in [0.29, 0.717) is 5.92 Å². The first-order valence-electron chi connectivity index (χ1n) is 2.10. The third kappa shape index (κ3) is 18.5. The van der Waals surface area contributed by atoms with Gasteiger partial charge in [0.15, 0.2) is 0 Å². The first-order chi connectivity index (χ1) is 2.27. The fourth-order valence-electron chi connectivity index (χ4n) is 0. The van der Waals surface area contributed by atoms with E-state index in [1.807, 2.05) is 0 Å². The van der Waals surface area contributed by atoms with Crippen LogP contribution in [0.3, 0.4) is 0 Å². The molecule has 0 nitrogen and oxygen atoms in total. The maximum atomic E-state index is 3.76. The van der Waals surface area contributed by atoms with Gasteiger partial charge in [-0.1, -0.05) is 20.3 Å². The Morgan fingerprint density at radius 3 is 1.71 bits per heavy atom. The molecule has 0 saturated heterocycles. The summed E-state index contributed by atoms with van der Waals surface area (Å²) in [4.78, 5) is 0. The summed E-state index contributed by atoms with van der Waals surface area (Å²) in [6.45, 7) is 8.00. The summed E-state index contributed by atoms with van der Waals surface area (Å²) in [5.74, 6) is 0.634. The molecule has 1 atom stereocenters. The molecule has 40 valence electrons. The van der Waals surface area contributed by atoms with Gasteiger partial charge in [0, 0.05) is 0 Å². The van der Waals surface area contributed by atoms with Gasteiger partial charge in [-0.2, -0.15) is 5.92 Å². The molecule has 2 heteroatoms. The van der Waals surface area contributed by atoms with E-state index >= 15 is 0 Å². The van der Waals surface area contributed by atoms with Crippen LogP contribution in [0.25, 0.3) is 0 Å². The second kappa shape index (κ2) is 10.5. The van der Waals surface area contributed by atoms with Gasteiger partial charge in [0.1, 0.15) is 0 Å². The molecule has 0 bridgehead atoms. The zero-order valence-corrected chi connectivity index (χ0v) is 8.65. The van der Waals surface area contributed by atoms with E-state index in [1.165, 1.54) is 6.42 Å².